The SMILES string of the molecule is CNc1nc2ccccn2c(=O)c1/C=C1\SC(=S)N(C[C@@H]2CCCO2)C1=O. The molecular formula is C18H18N4O3S2. The van der Waals surface area contributed by atoms with Gasteiger partial charge in [-0.2, -0.15) is 0 Å². The summed E-state index contributed by atoms with van der Waals surface area (Å²) in [4.78, 5) is 32.2. The van der Waals surface area contributed by atoms with E-state index in [1.165, 1.54) is 16.2 Å². The summed E-state index contributed by atoms with van der Waals surface area (Å²) in [6.07, 6.45) is 5.18. The first-order valence-corrected chi connectivity index (χ1v) is 9.87. The van der Waals surface area contributed by atoms with E-state index in [1.807, 2.05) is 6.07 Å². The van der Waals surface area contributed by atoms with Gasteiger partial charge in [-0.25, -0.2) is 4.98 Å². The van der Waals surface area contributed by atoms with Crippen molar-refractivity contribution in [3.63, 3.8) is 0 Å². The Kier molecular flexibility index (Phi) is 4.98. The third-order valence-electron chi connectivity index (χ3n) is 4.57. The van der Waals surface area contributed by atoms with Crippen molar-refractivity contribution in [2.75, 3.05) is 25.5 Å². The molecule has 4 rings (SSSR count). The number of pyridine rings is 1. The highest BCUT2D eigenvalue weighted by atomic mass is 32.2. The van der Waals surface area contributed by atoms with E-state index in [-0.39, 0.29) is 17.6 Å². The third kappa shape index (κ3) is 3.38. The summed E-state index contributed by atoms with van der Waals surface area (Å²) in [5.41, 5.74) is 0.628. The first-order valence-electron chi connectivity index (χ1n) is 8.64. The van der Waals surface area contributed by atoms with Gasteiger partial charge in [-0.1, -0.05) is 30.0 Å². The fraction of sp³-hybridized carbons (Fsp3) is 0.333. The molecule has 7 nitrogen and oxygen atoms in total. The predicted molar refractivity (Wildman–Crippen MR) is 110 cm³/mol. The summed E-state index contributed by atoms with van der Waals surface area (Å²) < 4.78 is 7.56. The number of nitrogens with one attached hydrogen (secondary N) is 1. The molecule has 2 aromatic rings. The summed E-state index contributed by atoms with van der Waals surface area (Å²) in [7, 11) is 1.70. The molecule has 0 unspecified atom stereocenters. The molecule has 0 radical (unpaired) electrons. The van der Waals surface area contributed by atoms with Crippen LogP contribution in [0.4, 0.5) is 5.82 Å². The van der Waals surface area contributed by atoms with E-state index in [0.29, 0.717) is 32.8 Å². The Morgan fingerprint density at radius 2 is 2.30 bits per heavy atom. The number of ether oxygens (including phenoxy) is 1. The van der Waals surface area contributed by atoms with Gasteiger partial charge in [-0.3, -0.25) is 18.9 Å². The number of thioether (sulfide) groups is 1. The van der Waals surface area contributed by atoms with Gasteiger partial charge in [0.05, 0.1) is 23.1 Å². The molecule has 1 amide bonds. The van der Waals surface area contributed by atoms with Crippen molar-refractivity contribution in [3.8, 4) is 0 Å². The smallest absolute Gasteiger partial charge is 0.267 e. The van der Waals surface area contributed by atoms with E-state index in [0.717, 1.165) is 19.4 Å². The van der Waals surface area contributed by atoms with Crippen molar-refractivity contribution in [3.05, 3.63) is 45.2 Å². The number of hydrogen-bond donors (Lipinski definition) is 1. The molecule has 2 aliphatic heterocycles. The molecule has 0 spiro atoms. The maximum absolute atomic E-state index is 12.9. The lowest BCUT2D eigenvalue weighted by atomic mass is 10.2. The zero-order chi connectivity index (χ0) is 19.0. The zero-order valence-electron chi connectivity index (χ0n) is 14.7. The summed E-state index contributed by atoms with van der Waals surface area (Å²) in [6.45, 7) is 1.18. The fourth-order valence-electron chi connectivity index (χ4n) is 3.20. The average molecular weight is 403 g/mol. The van der Waals surface area contributed by atoms with Crippen LogP contribution in [0.15, 0.2) is 34.1 Å². The van der Waals surface area contributed by atoms with Crippen LogP contribution in [0.25, 0.3) is 11.7 Å². The maximum Gasteiger partial charge on any atom is 0.267 e. The molecule has 2 fully saturated rings. The van der Waals surface area contributed by atoms with Gasteiger partial charge >= 0.3 is 0 Å². The number of amides is 1. The number of rotatable bonds is 4. The Hall–Kier alpha value is -2.23. The second-order valence-electron chi connectivity index (χ2n) is 6.29. The van der Waals surface area contributed by atoms with E-state index in [9.17, 15) is 9.59 Å². The van der Waals surface area contributed by atoms with Gasteiger partial charge in [0, 0.05) is 19.9 Å². The minimum Gasteiger partial charge on any atom is -0.376 e. The molecule has 0 saturated carbocycles. The van der Waals surface area contributed by atoms with Crippen molar-refractivity contribution < 1.29 is 9.53 Å². The van der Waals surface area contributed by atoms with Gasteiger partial charge in [-0.15, -0.1) is 0 Å². The summed E-state index contributed by atoms with van der Waals surface area (Å²) in [5.74, 6) is 0.232. The molecule has 2 aliphatic rings. The first kappa shape index (κ1) is 18.1. The Labute approximate surface area is 165 Å². The first-order chi connectivity index (χ1) is 13.1. The standard InChI is InChI=1S/C18H18N4O3S2/c1-19-15-12(16(23)21-7-3-2-6-14(21)20-15)9-13-17(24)22(18(26)27-13)10-11-5-4-8-25-11/h2-3,6-7,9,11,19H,4-5,8,10H2,1H3/b13-9-/t11-/m0/s1. The topological polar surface area (TPSA) is 75.9 Å². The molecule has 4 heterocycles. The molecule has 0 aromatic carbocycles. The molecule has 9 heteroatoms. The minimum atomic E-state index is -0.241. The van der Waals surface area contributed by atoms with Crippen LogP contribution in [0, 0.1) is 0 Å². The number of carbonyl (C=O) groups excluding carboxylic acids is 1. The van der Waals surface area contributed by atoms with Crippen LogP contribution in [0.5, 0.6) is 0 Å². The Balaban J connectivity index is 1.71. The Morgan fingerprint density at radius 3 is 3.04 bits per heavy atom. The summed E-state index contributed by atoms with van der Waals surface area (Å²) in [5, 5.41) is 2.94. The van der Waals surface area contributed by atoms with Crippen molar-refractivity contribution in [2.45, 2.75) is 18.9 Å². The number of aromatic nitrogens is 2. The van der Waals surface area contributed by atoms with Crippen molar-refractivity contribution in [1.29, 1.82) is 0 Å². The van der Waals surface area contributed by atoms with Crippen LogP contribution in [-0.2, 0) is 9.53 Å². The highest BCUT2D eigenvalue weighted by Crippen LogP contribution is 2.33. The highest BCUT2D eigenvalue weighted by Gasteiger charge is 2.35. The lowest BCUT2D eigenvalue weighted by Crippen LogP contribution is -2.35. The molecule has 2 aromatic heterocycles. The highest BCUT2D eigenvalue weighted by molar-refractivity contribution is 8.26. The third-order valence-corrected chi connectivity index (χ3v) is 5.94. The van der Waals surface area contributed by atoms with E-state index in [1.54, 1.807) is 36.4 Å². The number of hydrogen-bond acceptors (Lipinski definition) is 7. The van der Waals surface area contributed by atoms with Gasteiger partial charge in [0.2, 0.25) is 0 Å². The molecule has 0 bridgehead atoms. The largest absolute Gasteiger partial charge is 0.376 e. The second-order valence-corrected chi connectivity index (χ2v) is 7.96. The number of nitrogens with zero attached hydrogens (tertiary/aromatic N) is 3. The predicted octanol–water partition coefficient (Wildman–Crippen LogP) is 2.12. The number of fused-ring (bicyclic) bond motifs is 1. The normalized spacial score (nSPS) is 21.6. The van der Waals surface area contributed by atoms with Crippen molar-refractivity contribution in [1.82, 2.24) is 14.3 Å². The average Bonchev–Trinajstić information content (AvgIpc) is 3.28. The minimum absolute atomic E-state index is 0.0210. The number of thiocarbonyl (C=S) groups is 1. The van der Waals surface area contributed by atoms with Crippen LogP contribution in [-0.4, -0.2) is 50.8 Å². The Bertz CT molecular complexity index is 1010. The molecule has 140 valence electrons. The van der Waals surface area contributed by atoms with E-state index < -0.39 is 0 Å². The summed E-state index contributed by atoms with van der Waals surface area (Å²) in [6, 6.07) is 5.34. The zero-order valence-corrected chi connectivity index (χ0v) is 16.3. The number of carbonyl (C=O) groups is 1. The van der Waals surface area contributed by atoms with Crippen LogP contribution < -0.4 is 10.9 Å². The lowest BCUT2D eigenvalue weighted by molar-refractivity contribution is -0.123. The van der Waals surface area contributed by atoms with Crippen LogP contribution >= 0.6 is 24.0 Å². The molecule has 1 N–H and O–H groups in total. The quantitative estimate of drug-likeness (QED) is 0.620. The van der Waals surface area contributed by atoms with Gasteiger partial charge in [0.1, 0.15) is 15.8 Å². The monoisotopic (exact) mass is 402 g/mol. The van der Waals surface area contributed by atoms with Crippen LogP contribution in [0.2, 0.25) is 0 Å². The fourth-order valence-corrected chi connectivity index (χ4v) is 4.46. The molecule has 2 saturated heterocycles. The molecule has 27 heavy (non-hydrogen) atoms. The van der Waals surface area contributed by atoms with E-state index in [2.05, 4.69) is 10.3 Å². The molecule has 0 aliphatic carbocycles. The lowest BCUT2D eigenvalue weighted by Gasteiger charge is -2.18. The van der Waals surface area contributed by atoms with Gasteiger partial charge in [-0.05, 0) is 31.1 Å². The van der Waals surface area contributed by atoms with E-state index >= 15 is 0 Å². The van der Waals surface area contributed by atoms with E-state index in [4.69, 9.17) is 17.0 Å². The van der Waals surface area contributed by atoms with Gasteiger partial charge in [0.25, 0.3) is 11.5 Å². The maximum atomic E-state index is 12.9. The second kappa shape index (κ2) is 7.41. The molecular weight excluding hydrogens is 384 g/mol. The van der Waals surface area contributed by atoms with Crippen LogP contribution in [0.1, 0.15) is 18.4 Å². The van der Waals surface area contributed by atoms with Crippen LogP contribution in [0.3, 0.4) is 0 Å². The Morgan fingerprint density at radius 1 is 1.44 bits per heavy atom. The van der Waals surface area contributed by atoms with Crippen molar-refractivity contribution in [2.24, 2.45) is 0 Å². The van der Waals surface area contributed by atoms with Gasteiger partial charge < -0.3 is 10.1 Å². The van der Waals surface area contributed by atoms with Crippen molar-refractivity contribution >= 4 is 51.7 Å². The molecule has 1 atom stereocenters. The number of anilines is 1. The van der Waals surface area contributed by atoms with Gasteiger partial charge in [0.15, 0.2) is 0 Å². The summed E-state index contributed by atoms with van der Waals surface area (Å²) >= 11 is 6.58.